The quantitative estimate of drug-likeness (QED) is 0.773. The fourth-order valence-electron chi connectivity index (χ4n) is 2.39. The van der Waals surface area contributed by atoms with Gasteiger partial charge in [-0.1, -0.05) is 42.5 Å². The Kier molecular flexibility index (Phi) is 5.51. The van der Waals surface area contributed by atoms with Crippen LogP contribution < -0.4 is 15.4 Å². The van der Waals surface area contributed by atoms with Gasteiger partial charge in [-0.15, -0.1) is 0 Å². The minimum Gasteiger partial charge on any atom is -0.494 e. The second-order valence-corrected chi connectivity index (χ2v) is 5.41. The maximum absolute atomic E-state index is 5.76. The number of benzene rings is 2. The van der Waals surface area contributed by atoms with Crippen LogP contribution in [0.2, 0.25) is 0 Å². The largest absolute Gasteiger partial charge is 0.494 e. The minimum absolute atomic E-state index is 0.696. The summed E-state index contributed by atoms with van der Waals surface area (Å²) in [5.41, 5.74) is 2.38. The number of guanidine groups is 1. The summed E-state index contributed by atoms with van der Waals surface area (Å²) in [5, 5.41) is 6.44. The Morgan fingerprint density at radius 3 is 2.57 bits per heavy atom. The topological polar surface area (TPSA) is 45.6 Å². The molecule has 0 saturated heterocycles. The summed E-state index contributed by atoms with van der Waals surface area (Å²) in [7, 11) is 0. The molecule has 0 saturated carbocycles. The first kappa shape index (κ1) is 15.4. The lowest BCUT2D eigenvalue weighted by Crippen LogP contribution is -2.34. The van der Waals surface area contributed by atoms with E-state index in [1.807, 2.05) is 30.3 Å². The van der Waals surface area contributed by atoms with Crippen LogP contribution in [0.1, 0.15) is 17.5 Å². The van der Waals surface area contributed by atoms with Crippen molar-refractivity contribution in [2.45, 2.75) is 6.42 Å². The predicted octanol–water partition coefficient (Wildman–Crippen LogP) is 2.60. The molecule has 0 bridgehead atoms. The molecule has 0 unspecified atom stereocenters. The Labute approximate surface area is 137 Å². The van der Waals surface area contributed by atoms with Gasteiger partial charge in [-0.25, -0.2) is 0 Å². The highest BCUT2D eigenvalue weighted by Gasteiger charge is 2.03. The zero-order valence-corrected chi connectivity index (χ0v) is 13.2. The third-order valence-corrected chi connectivity index (χ3v) is 3.57. The van der Waals surface area contributed by atoms with Gasteiger partial charge in [-0.05, 0) is 29.7 Å². The van der Waals surface area contributed by atoms with E-state index >= 15 is 0 Å². The van der Waals surface area contributed by atoms with Gasteiger partial charge in [-0.3, -0.25) is 4.99 Å². The summed E-state index contributed by atoms with van der Waals surface area (Å²) in [6, 6.07) is 18.5. The van der Waals surface area contributed by atoms with Crippen LogP contribution in [0.3, 0.4) is 0 Å². The van der Waals surface area contributed by atoms with Crippen molar-refractivity contribution in [2.24, 2.45) is 4.99 Å². The standard InChI is InChI=1S/C19H22N3O/c1-2-5-16(6-3-1)15-17-7-9-18(10-8-17)23-14-4-11-20-19-21-12-13-22-19/h1-3,5-10,15H,4,11-14H2,(H2,20,21,22). The summed E-state index contributed by atoms with van der Waals surface area (Å²) in [6.07, 6.45) is 3.10. The molecule has 3 rings (SSSR count). The van der Waals surface area contributed by atoms with Crippen molar-refractivity contribution in [1.29, 1.82) is 0 Å². The van der Waals surface area contributed by atoms with Crippen molar-refractivity contribution in [1.82, 2.24) is 10.6 Å². The third kappa shape index (κ3) is 5.02. The molecule has 1 aliphatic heterocycles. The first-order chi connectivity index (χ1) is 11.4. The second-order valence-electron chi connectivity index (χ2n) is 5.41. The van der Waals surface area contributed by atoms with Crippen LogP contribution in [0.15, 0.2) is 59.6 Å². The zero-order valence-electron chi connectivity index (χ0n) is 13.2. The van der Waals surface area contributed by atoms with Crippen LogP contribution in [0.5, 0.6) is 5.75 Å². The number of aliphatic imine (C=N–C) groups is 1. The summed E-state index contributed by atoms with van der Waals surface area (Å²) in [6.45, 7) is 3.37. The van der Waals surface area contributed by atoms with Gasteiger partial charge >= 0.3 is 0 Å². The lowest BCUT2D eigenvalue weighted by Gasteiger charge is -2.09. The molecule has 0 atom stereocenters. The maximum Gasteiger partial charge on any atom is 0.191 e. The van der Waals surface area contributed by atoms with E-state index in [2.05, 4.69) is 46.3 Å². The van der Waals surface area contributed by atoms with Crippen molar-refractivity contribution < 1.29 is 4.74 Å². The second kappa shape index (κ2) is 8.22. The first-order valence-corrected chi connectivity index (χ1v) is 8.05. The van der Waals surface area contributed by atoms with Crippen molar-refractivity contribution in [3.05, 3.63) is 72.1 Å². The highest BCUT2D eigenvalue weighted by atomic mass is 16.5. The summed E-state index contributed by atoms with van der Waals surface area (Å²) >= 11 is 0. The molecule has 4 heteroatoms. The van der Waals surface area contributed by atoms with Gasteiger partial charge in [0.25, 0.3) is 0 Å². The Hall–Kier alpha value is -2.49. The van der Waals surface area contributed by atoms with Crippen molar-refractivity contribution in [2.75, 3.05) is 26.2 Å². The summed E-state index contributed by atoms with van der Waals surface area (Å²) in [4.78, 5) is 4.29. The molecular formula is C19H22N3O. The van der Waals surface area contributed by atoms with Crippen molar-refractivity contribution in [3.63, 3.8) is 0 Å². The highest BCUT2D eigenvalue weighted by Crippen LogP contribution is 2.16. The molecule has 2 aromatic carbocycles. The molecule has 0 fully saturated rings. The van der Waals surface area contributed by atoms with Crippen LogP contribution in [0.4, 0.5) is 0 Å². The Bertz CT molecular complexity index is 623. The van der Waals surface area contributed by atoms with E-state index in [-0.39, 0.29) is 0 Å². The average Bonchev–Trinajstić information content (AvgIpc) is 3.10. The van der Waals surface area contributed by atoms with Gasteiger partial charge in [-0.2, -0.15) is 0 Å². The lowest BCUT2D eigenvalue weighted by atomic mass is 10.1. The van der Waals surface area contributed by atoms with E-state index in [4.69, 9.17) is 4.74 Å². The molecule has 1 radical (unpaired) electrons. The molecule has 0 aromatic heterocycles. The molecule has 0 spiro atoms. The number of rotatable bonds is 7. The normalized spacial score (nSPS) is 13.3. The molecule has 1 aliphatic rings. The van der Waals surface area contributed by atoms with Gasteiger partial charge in [0.15, 0.2) is 5.96 Å². The van der Waals surface area contributed by atoms with Crippen LogP contribution in [0.25, 0.3) is 0 Å². The van der Waals surface area contributed by atoms with Gasteiger partial charge in [0.05, 0.1) is 13.2 Å². The average molecular weight is 308 g/mol. The number of ether oxygens (including phenoxy) is 1. The Morgan fingerprint density at radius 1 is 1.04 bits per heavy atom. The van der Waals surface area contributed by atoms with Crippen molar-refractivity contribution >= 4 is 5.96 Å². The fraction of sp³-hybridized carbons (Fsp3) is 0.263. The molecule has 4 nitrogen and oxygen atoms in total. The molecule has 2 N–H and O–H groups in total. The predicted molar refractivity (Wildman–Crippen MR) is 93.8 cm³/mol. The van der Waals surface area contributed by atoms with Crippen LogP contribution in [-0.4, -0.2) is 32.2 Å². The maximum atomic E-state index is 5.76. The fourth-order valence-corrected chi connectivity index (χ4v) is 2.39. The molecule has 1 heterocycles. The monoisotopic (exact) mass is 308 g/mol. The number of nitrogens with zero attached hydrogens (tertiary/aromatic N) is 1. The lowest BCUT2D eigenvalue weighted by molar-refractivity contribution is 0.311. The van der Waals surface area contributed by atoms with E-state index in [9.17, 15) is 0 Å². The van der Waals surface area contributed by atoms with Gasteiger partial charge in [0, 0.05) is 19.5 Å². The van der Waals surface area contributed by atoms with Crippen molar-refractivity contribution in [3.8, 4) is 5.75 Å². The number of hydrogen-bond donors (Lipinski definition) is 2. The minimum atomic E-state index is 0.696. The molecule has 0 amide bonds. The first-order valence-electron chi connectivity index (χ1n) is 8.05. The van der Waals surface area contributed by atoms with Crippen LogP contribution in [-0.2, 0) is 0 Å². The SMILES string of the molecule is [CH](c1ccccc1)c1ccc(OCCCNC2=NCCN2)cc1. The Balaban J connectivity index is 1.37. The molecule has 2 aromatic rings. The summed E-state index contributed by atoms with van der Waals surface area (Å²) < 4.78 is 5.76. The van der Waals surface area contributed by atoms with Gasteiger partial charge in [0.2, 0.25) is 0 Å². The molecule has 119 valence electrons. The number of nitrogens with one attached hydrogen (secondary N) is 2. The number of hydrogen-bond acceptors (Lipinski definition) is 4. The highest BCUT2D eigenvalue weighted by molar-refractivity contribution is 5.81. The molecule has 23 heavy (non-hydrogen) atoms. The zero-order chi connectivity index (χ0) is 15.7. The Morgan fingerprint density at radius 2 is 1.83 bits per heavy atom. The van der Waals surface area contributed by atoms with E-state index in [1.165, 1.54) is 11.1 Å². The van der Waals surface area contributed by atoms with Gasteiger partial charge < -0.3 is 15.4 Å². The van der Waals surface area contributed by atoms with E-state index in [0.29, 0.717) is 6.61 Å². The smallest absolute Gasteiger partial charge is 0.191 e. The van der Waals surface area contributed by atoms with E-state index in [1.54, 1.807) is 0 Å². The molecular weight excluding hydrogens is 286 g/mol. The summed E-state index contributed by atoms with van der Waals surface area (Å²) in [5.74, 6) is 1.82. The van der Waals surface area contributed by atoms with Crippen LogP contribution >= 0.6 is 0 Å². The van der Waals surface area contributed by atoms with Gasteiger partial charge in [0.1, 0.15) is 5.75 Å². The van der Waals surface area contributed by atoms with E-state index in [0.717, 1.165) is 37.8 Å². The molecule has 0 aliphatic carbocycles. The third-order valence-electron chi connectivity index (χ3n) is 3.57. The van der Waals surface area contributed by atoms with E-state index < -0.39 is 0 Å². The van der Waals surface area contributed by atoms with Crippen LogP contribution in [0, 0.1) is 6.42 Å².